The molecule has 0 aliphatic heterocycles. The van der Waals surface area contributed by atoms with E-state index in [4.69, 9.17) is 5.11 Å². The van der Waals surface area contributed by atoms with Crippen LogP contribution in [0, 0.1) is 0 Å². The third-order valence-corrected chi connectivity index (χ3v) is 4.73. The van der Waals surface area contributed by atoms with E-state index >= 15 is 0 Å². The van der Waals surface area contributed by atoms with E-state index in [1.165, 1.54) is 12.1 Å². The molecule has 0 spiro atoms. The first-order chi connectivity index (χ1) is 12.5. The van der Waals surface area contributed by atoms with Crippen LogP contribution >= 0.6 is 0 Å². The molecule has 6 nitrogen and oxygen atoms in total. The standard InChI is InChI=1S/C20H22N2O4/c23-18(21-11-10-13-6-8-14(9-7-13)20(25)26)16-12-15-4-2-1-3-5-17(15)22-19(16)24/h6-9,12H,1-5,10-11H2,(H,21,23)(H,22,24)(H,25,26). The van der Waals surface area contributed by atoms with Crippen LogP contribution in [0.25, 0.3) is 0 Å². The average molecular weight is 354 g/mol. The number of nitrogens with one attached hydrogen (secondary N) is 2. The summed E-state index contributed by atoms with van der Waals surface area (Å²) < 4.78 is 0. The molecular weight excluding hydrogens is 332 g/mol. The van der Waals surface area contributed by atoms with Crippen LogP contribution in [0.15, 0.2) is 35.1 Å². The van der Waals surface area contributed by atoms with Gasteiger partial charge in [0.2, 0.25) is 0 Å². The lowest BCUT2D eigenvalue weighted by Crippen LogP contribution is -2.31. The quantitative estimate of drug-likeness (QED) is 0.718. The number of H-pyrrole nitrogens is 1. The Morgan fingerprint density at radius 2 is 1.81 bits per heavy atom. The zero-order valence-corrected chi connectivity index (χ0v) is 14.5. The lowest BCUT2D eigenvalue weighted by molar-refractivity contribution is 0.0696. The second-order valence-electron chi connectivity index (χ2n) is 6.58. The molecule has 3 rings (SSSR count). The van der Waals surface area contributed by atoms with Gasteiger partial charge in [0.05, 0.1) is 5.56 Å². The van der Waals surface area contributed by atoms with Crippen molar-refractivity contribution < 1.29 is 14.7 Å². The van der Waals surface area contributed by atoms with E-state index in [9.17, 15) is 14.4 Å². The molecule has 1 aliphatic rings. The number of carboxylic acids is 1. The molecule has 0 saturated heterocycles. The van der Waals surface area contributed by atoms with Crippen LogP contribution in [-0.4, -0.2) is 28.5 Å². The number of carbonyl (C=O) groups excluding carboxylic acids is 1. The highest BCUT2D eigenvalue weighted by atomic mass is 16.4. The second kappa shape index (κ2) is 7.99. The van der Waals surface area contributed by atoms with Crippen LogP contribution < -0.4 is 10.9 Å². The summed E-state index contributed by atoms with van der Waals surface area (Å²) in [7, 11) is 0. The van der Waals surface area contributed by atoms with Gasteiger partial charge in [0.15, 0.2) is 0 Å². The van der Waals surface area contributed by atoms with Gasteiger partial charge < -0.3 is 15.4 Å². The Hall–Kier alpha value is -2.89. The van der Waals surface area contributed by atoms with Crippen molar-refractivity contribution in [3.05, 3.63) is 68.6 Å². The largest absolute Gasteiger partial charge is 0.478 e. The Labute approximate surface area is 151 Å². The predicted octanol–water partition coefficient (Wildman–Crippen LogP) is 2.31. The summed E-state index contributed by atoms with van der Waals surface area (Å²) >= 11 is 0. The van der Waals surface area contributed by atoms with Crippen LogP contribution in [-0.2, 0) is 19.3 Å². The molecule has 0 radical (unpaired) electrons. The minimum atomic E-state index is -0.965. The predicted molar refractivity (Wildman–Crippen MR) is 97.8 cm³/mol. The molecule has 1 aromatic heterocycles. The summed E-state index contributed by atoms with van der Waals surface area (Å²) in [6.07, 6.45) is 5.59. The molecule has 136 valence electrons. The van der Waals surface area contributed by atoms with Crippen LogP contribution in [0.3, 0.4) is 0 Å². The van der Waals surface area contributed by atoms with Crippen LogP contribution in [0.4, 0.5) is 0 Å². The maximum atomic E-state index is 12.4. The summed E-state index contributed by atoms with van der Waals surface area (Å²) in [6.45, 7) is 0.377. The molecule has 1 amide bonds. The zero-order valence-electron chi connectivity index (χ0n) is 14.5. The number of aromatic carboxylic acids is 1. The van der Waals surface area contributed by atoms with Crippen molar-refractivity contribution in [3.8, 4) is 0 Å². The fraction of sp³-hybridized carbons (Fsp3) is 0.350. The van der Waals surface area contributed by atoms with Gasteiger partial charge in [0.25, 0.3) is 11.5 Å². The summed E-state index contributed by atoms with van der Waals surface area (Å²) in [4.78, 5) is 38.3. The minimum Gasteiger partial charge on any atom is -0.478 e. The van der Waals surface area contributed by atoms with Crippen molar-refractivity contribution in [1.82, 2.24) is 10.3 Å². The van der Waals surface area contributed by atoms with E-state index in [0.717, 1.165) is 48.9 Å². The monoisotopic (exact) mass is 354 g/mol. The van der Waals surface area contributed by atoms with Gasteiger partial charge in [-0.15, -0.1) is 0 Å². The molecule has 0 bridgehead atoms. The number of aromatic nitrogens is 1. The van der Waals surface area contributed by atoms with Crippen molar-refractivity contribution >= 4 is 11.9 Å². The third-order valence-electron chi connectivity index (χ3n) is 4.73. The van der Waals surface area contributed by atoms with Gasteiger partial charge in [-0.1, -0.05) is 18.6 Å². The van der Waals surface area contributed by atoms with Gasteiger partial charge in [-0.25, -0.2) is 4.79 Å². The summed E-state index contributed by atoms with van der Waals surface area (Å²) in [5.74, 6) is -1.34. The molecule has 26 heavy (non-hydrogen) atoms. The lowest BCUT2D eigenvalue weighted by Gasteiger charge is -2.09. The first-order valence-corrected chi connectivity index (χ1v) is 8.90. The lowest BCUT2D eigenvalue weighted by atomic mass is 10.1. The normalized spacial score (nSPS) is 13.5. The van der Waals surface area contributed by atoms with E-state index in [2.05, 4.69) is 10.3 Å². The van der Waals surface area contributed by atoms with Gasteiger partial charge in [0, 0.05) is 12.2 Å². The number of amides is 1. The number of pyridine rings is 1. The first-order valence-electron chi connectivity index (χ1n) is 8.90. The topological polar surface area (TPSA) is 99.3 Å². The first kappa shape index (κ1) is 17.9. The number of carboxylic acid groups (broad SMARTS) is 1. The second-order valence-corrected chi connectivity index (χ2v) is 6.58. The van der Waals surface area contributed by atoms with Crippen molar-refractivity contribution in [1.29, 1.82) is 0 Å². The number of rotatable bonds is 5. The maximum absolute atomic E-state index is 12.4. The Balaban J connectivity index is 1.62. The van der Waals surface area contributed by atoms with E-state index in [1.54, 1.807) is 18.2 Å². The average Bonchev–Trinajstić information content (AvgIpc) is 2.86. The highest BCUT2D eigenvalue weighted by Gasteiger charge is 2.16. The Bertz CT molecular complexity index is 868. The van der Waals surface area contributed by atoms with Crippen molar-refractivity contribution in [2.45, 2.75) is 38.5 Å². The van der Waals surface area contributed by atoms with Crippen molar-refractivity contribution in [3.63, 3.8) is 0 Å². The van der Waals surface area contributed by atoms with Gasteiger partial charge in [-0.2, -0.15) is 0 Å². The smallest absolute Gasteiger partial charge is 0.335 e. The molecule has 0 unspecified atom stereocenters. The highest BCUT2D eigenvalue weighted by Crippen LogP contribution is 2.18. The van der Waals surface area contributed by atoms with E-state index in [1.807, 2.05) is 0 Å². The minimum absolute atomic E-state index is 0.159. The number of aryl methyl sites for hydroxylation is 2. The van der Waals surface area contributed by atoms with E-state index < -0.39 is 5.97 Å². The molecule has 2 aromatic rings. The third kappa shape index (κ3) is 4.20. The number of fused-ring (bicyclic) bond motifs is 1. The van der Waals surface area contributed by atoms with Gasteiger partial charge in [0.1, 0.15) is 5.56 Å². The van der Waals surface area contributed by atoms with Crippen LogP contribution in [0.2, 0.25) is 0 Å². The molecule has 0 fully saturated rings. The fourth-order valence-corrected chi connectivity index (χ4v) is 3.25. The number of benzene rings is 1. The number of hydrogen-bond donors (Lipinski definition) is 3. The molecular formula is C20H22N2O4. The van der Waals surface area contributed by atoms with E-state index in [0.29, 0.717) is 13.0 Å². The number of hydrogen-bond acceptors (Lipinski definition) is 3. The Morgan fingerprint density at radius 1 is 1.08 bits per heavy atom. The number of carbonyl (C=O) groups is 2. The van der Waals surface area contributed by atoms with Gasteiger partial charge in [-0.05, 0) is 61.4 Å². The number of aromatic amines is 1. The summed E-state index contributed by atoms with van der Waals surface area (Å²) in [5, 5.41) is 11.7. The fourth-order valence-electron chi connectivity index (χ4n) is 3.25. The Morgan fingerprint density at radius 3 is 2.54 bits per heavy atom. The molecule has 1 aliphatic carbocycles. The molecule has 6 heteroatoms. The van der Waals surface area contributed by atoms with Crippen molar-refractivity contribution in [2.24, 2.45) is 0 Å². The maximum Gasteiger partial charge on any atom is 0.335 e. The van der Waals surface area contributed by atoms with Gasteiger partial charge in [-0.3, -0.25) is 9.59 Å². The van der Waals surface area contributed by atoms with Crippen LogP contribution in [0.1, 0.15) is 56.8 Å². The molecule has 1 aromatic carbocycles. The molecule has 0 saturated carbocycles. The van der Waals surface area contributed by atoms with Crippen LogP contribution in [0.5, 0.6) is 0 Å². The Kier molecular flexibility index (Phi) is 5.51. The SMILES string of the molecule is O=C(O)c1ccc(CCNC(=O)c2cc3c([nH]c2=O)CCCCC3)cc1. The highest BCUT2D eigenvalue weighted by molar-refractivity contribution is 5.94. The molecule has 3 N–H and O–H groups in total. The summed E-state index contributed by atoms with van der Waals surface area (Å²) in [5.41, 5.74) is 3.00. The zero-order chi connectivity index (χ0) is 18.5. The molecule has 0 atom stereocenters. The van der Waals surface area contributed by atoms with Crippen molar-refractivity contribution in [2.75, 3.05) is 6.54 Å². The van der Waals surface area contributed by atoms with E-state index in [-0.39, 0.29) is 22.6 Å². The van der Waals surface area contributed by atoms with Gasteiger partial charge >= 0.3 is 5.97 Å². The molecule has 1 heterocycles. The summed E-state index contributed by atoms with van der Waals surface area (Å²) in [6, 6.07) is 8.26.